The van der Waals surface area contributed by atoms with Gasteiger partial charge in [0.25, 0.3) is 0 Å². The predicted octanol–water partition coefficient (Wildman–Crippen LogP) is 2.30. The first-order valence-electron chi connectivity index (χ1n) is 6.02. The minimum absolute atomic E-state index is 0.0225. The highest BCUT2D eigenvalue weighted by Crippen LogP contribution is 2.38. The molecule has 0 aromatic carbocycles. The number of amides is 1. The molecule has 3 nitrogen and oxygen atoms in total. The van der Waals surface area contributed by atoms with Crippen LogP contribution in [0.3, 0.4) is 0 Å². The first-order valence-corrected chi connectivity index (χ1v) is 6.02. The second-order valence-corrected chi connectivity index (χ2v) is 5.05. The molecular weight excluding hydrogens is 190 g/mol. The van der Waals surface area contributed by atoms with Gasteiger partial charge in [-0.15, -0.1) is 0 Å². The van der Waals surface area contributed by atoms with Gasteiger partial charge in [-0.2, -0.15) is 0 Å². The molecule has 1 unspecified atom stereocenters. The van der Waals surface area contributed by atoms with E-state index in [9.17, 15) is 4.79 Å². The SMILES string of the molecule is COC1CCC[C@@]2(C)CCCCC(=O)N12. The van der Waals surface area contributed by atoms with Crippen molar-refractivity contribution in [2.45, 2.75) is 63.6 Å². The number of piperidine rings is 1. The average Bonchev–Trinajstić information content (AvgIpc) is 2.37. The number of rotatable bonds is 1. The van der Waals surface area contributed by atoms with E-state index in [-0.39, 0.29) is 11.8 Å². The summed E-state index contributed by atoms with van der Waals surface area (Å²) in [4.78, 5) is 14.1. The van der Waals surface area contributed by atoms with Crippen LogP contribution < -0.4 is 0 Å². The summed E-state index contributed by atoms with van der Waals surface area (Å²) in [6.07, 6.45) is 7.40. The normalized spacial score (nSPS) is 37.3. The minimum atomic E-state index is 0.0225. The van der Waals surface area contributed by atoms with Gasteiger partial charge in [-0.05, 0) is 39.0 Å². The van der Waals surface area contributed by atoms with Gasteiger partial charge in [0.05, 0.1) is 0 Å². The van der Waals surface area contributed by atoms with Gasteiger partial charge in [0, 0.05) is 19.1 Å². The van der Waals surface area contributed by atoms with Crippen LogP contribution in [0.4, 0.5) is 0 Å². The zero-order valence-corrected chi connectivity index (χ0v) is 9.79. The molecule has 2 rings (SSSR count). The Balaban J connectivity index is 2.26. The molecule has 2 saturated heterocycles. The second kappa shape index (κ2) is 4.12. The Kier molecular flexibility index (Phi) is 3.01. The lowest BCUT2D eigenvalue weighted by Gasteiger charge is -2.48. The summed E-state index contributed by atoms with van der Waals surface area (Å²) in [5.41, 5.74) is 0.0620. The van der Waals surface area contributed by atoms with Gasteiger partial charge in [-0.3, -0.25) is 4.79 Å². The quantitative estimate of drug-likeness (QED) is 0.666. The smallest absolute Gasteiger partial charge is 0.225 e. The van der Waals surface area contributed by atoms with Gasteiger partial charge in [0.2, 0.25) is 5.91 Å². The topological polar surface area (TPSA) is 29.5 Å². The molecule has 0 aromatic rings. The molecule has 0 aromatic heterocycles. The van der Waals surface area contributed by atoms with Crippen LogP contribution in [0.2, 0.25) is 0 Å². The maximum atomic E-state index is 12.1. The van der Waals surface area contributed by atoms with Crippen LogP contribution in [0.25, 0.3) is 0 Å². The van der Waals surface area contributed by atoms with Crippen LogP contribution in [-0.4, -0.2) is 29.7 Å². The van der Waals surface area contributed by atoms with E-state index >= 15 is 0 Å². The maximum Gasteiger partial charge on any atom is 0.225 e. The van der Waals surface area contributed by atoms with Crippen LogP contribution in [-0.2, 0) is 9.53 Å². The van der Waals surface area contributed by atoms with Crippen molar-refractivity contribution in [1.82, 2.24) is 4.90 Å². The van der Waals surface area contributed by atoms with E-state index in [0.717, 1.165) is 25.7 Å². The van der Waals surface area contributed by atoms with E-state index in [2.05, 4.69) is 6.92 Å². The molecule has 0 radical (unpaired) electrons. The molecule has 1 amide bonds. The predicted molar refractivity (Wildman–Crippen MR) is 58.4 cm³/mol. The fourth-order valence-electron chi connectivity index (χ4n) is 3.09. The third kappa shape index (κ3) is 1.89. The summed E-state index contributed by atoms with van der Waals surface area (Å²) in [5.74, 6) is 0.293. The monoisotopic (exact) mass is 211 g/mol. The van der Waals surface area contributed by atoms with E-state index < -0.39 is 0 Å². The van der Waals surface area contributed by atoms with Crippen molar-refractivity contribution in [3.05, 3.63) is 0 Å². The van der Waals surface area contributed by atoms with Gasteiger partial charge < -0.3 is 9.64 Å². The lowest BCUT2D eigenvalue weighted by Crippen LogP contribution is -2.57. The summed E-state index contributed by atoms with van der Waals surface area (Å²) in [7, 11) is 1.72. The molecule has 2 aliphatic heterocycles. The molecule has 0 N–H and O–H groups in total. The van der Waals surface area contributed by atoms with Crippen molar-refractivity contribution in [3.8, 4) is 0 Å². The van der Waals surface area contributed by atoms with E-state index in [1.807, 2.05) is 4.90 Å². The lowest BCUT2D eigenvalue weighted by atomic mass is 9.84. The molecule has 0 bridgehead atoms. The van der Waals surface area contributed by atoms with Crippen LogP contribution in [0, 0.1) is 0 Å². The highest BCUT2D eigenvalue weighted by Gasteiger charge is 2.43. The molecule has 2 heterocycles. The van der Waals surface area contributed by atoms with Crippen LogP contribution in [0.5, 0.6) is 0 Å². The summed E-state index contributed by atoms with van der Waals surface area (Å²) >= 11 is 0. The van der Waals surface area contributed by atoms with Crippen molar-refractivity contribution < 1.29 is 9.53 Å². The van der Waals surface area contributed by atoms with E-state index in [1.54, 1.807) is 7.11 Å². The fraction of sp³-hybridized carbons (Fsp3) is 0.917. The van der Waals surface area contributed by atoms with E-state index in [0.29, 0.717) is 12.3 Å². The first kappa shape index (κ1) is 10.9. The number of carbonyl (C=O) groups excluding carboxylic acids is 1. The number of hydrogen-bond acceptors (Lipinski definition) is 2. The third-order valence-corrected chi connectivity index (χ3v) is 3.93. The largest absolute Gasteiger partial charge is 0.362 e. The Morgan fingerprint density at radius 2 is 2.07 bits per heavy atom. The molecule has 2 fully saturated rings. The number of nitrogens with zero attached hydrogens (tertiary/aromatic N) is 1. The number of ether oxygens (including phenoxy) is 1. The molecule has 0 aliphatic carbocycles. The Hall–Kier alpha value is -0.570. The molecule has 0 spiro atoms. The lowest BCUT2D eigenvalue weighted by molar-refractivity contribution is -0.163. The summed E-state index contributed by atoms with van der Waals surface area (Å²) in [5, 5.41) is 0. The Labute approximate surface area is 91.8 Å². The second-order valence-electron chi connectivity index (χ2n) is 5.05. The number of hydrogen-bond donors (Lipinski definition) is 0. The first-order chi connectivity index (χ1) is 7.17. The Bertz CT molecular complexity index is 254. The molecule has 2 aliphatic rings. The average molecular weight is 211 g/mol. The molecular formula is C12H21NO2. The molecule has 15 heavy (non-hydrogen) atoms. The van der Waals surface area contributed by atoms with Crippen LogP contribution >= 0.6 is 0 Å². The molecule has 2 atom stereocenters. The molecule has 3 heteroatoms. The summed E-state index contributed by atoms with van der Waals surface area (Å²) < 4.78 is 5.46. The highest BCUT2D eigenvalue weighted by molar-refractivity contribution is 5.77. The highest BCUT2D eigenvalue weighted by atomic mass is 16.5. The summed E-state index contributed by atoms with van der Waals surface area (Å²) in [6.45, 7) is 2.22. The zero-order chi connectivity index (χ0) is 10.9. The number of carbonyl (C=O) groups is 1. The fourth-order valence-corrected chi connectivity index (χ4v) is 3.09. The van der Waals surface area contributed by atoms with Crippen LogP contribution in [0.1, 0.15) is 51.9 Å². The number of methoxy groups -OCH3 is 1. The molecule has 0 saturated carbocycles. The van der Waals surface area contributed by atoms with Gasteiger partial charge in [0.15, 0.2) is 0 Å². The van der Waals surface area contributed by atoms with Crippen molar-refractivity contribution in [1.29, 1.82) is 0 Å². The van der Waals surface area contributed by atoms with Crippen LogP contribution in [0.15, 0.2) is 0 Å². The van der Waals surface area contributed by atoms with E-state index in [1.165, 1.54) is 12.8 Å². The van der Waals surface area contributed by atoms with Crippen molar-refractivity contribution in [3.63, 3.8) is 0 Å². The van der Waals surface area contributed by atoms with Crippen molar-refractivity contribution in [2.24, 2.45) is 0 Å². The van der Waals surface area contributed by atoms with E-state index in [4.69, 9.17) is 4.74 Å². The Morgan fingerprint density at radius 1 is 1.33 bits per heavy atom. The minimum Gasteiger partial charge on any atom is -0.362 e. The van der Waals surface area contributed by atoms with Crippen molar-refractivity contribution in [2.75, 3.05) is 7.11 Å². The number of fused-ring (bicyclic) bond motifs is 1. The Morgan fingerprint density at radius 3 is 2.80 bits per heavy atom. The third-order valence-electron chi connectivity index (χ3n) is 3.93. The van der Waals surface area contributed by atoms with Gasteiger partial charge in [-0.25, -0.2) is 0 Å². The van der Waals surface area contributed by atoms with Crippen molar-refractivity contribution >= 4 is 5.91 Å². The zero-order valence-electron chi connectivity index (χ0n) is 9.79. The van der Waals surface area contributed by atoms with Gasteiger partial charge in [0.1, 0.15) is 6.23 Å². The molecule has 86 valence electrons. The maximum absolute atomic E-state index is 12.1. The standard InChI is InChI=1S/C12H21NO2/c1-12-8-4-3-6-10(14)13(12)11(15-2)7-5-9-12/h11H,3-9H2,1-2H3/t11?,12-/m1/s1. The van der Waals surface area contributed by atoms with Gasteiger partial charge >= 0.3 is 0 Å². The summed E-state index contributed by atoms with van der Waals surface area (Å²) in [6, 6.07) is 0. The van der Waals surface area contributed by atoms with Gasteiger partial charge in [-0.1, -0.05) is 6.42 Å².